The van der Waals surface area contributed by atoms with Crippen LogP contribution >= 0.6 is 0 Å². The largest absolute Gasteiger partial charge is 0.467 e. The quantitative estimate of drug-likeness (QED) is 0.756. The SMILES string of the molecule is C#Cc1cccc(N(Cc2ccco2)S(=O)(=O)C[C@@H]2CCCO2)c1. The summed E-state index contributed by atoms with van der Waals surface area (Å²) in [6.07, 6.45) is 8.36. The van der Waals surface area contributed by atoms with Crippen LogP contribution in [0.25, 0.3) is 0 Å². The molecule has 0 aliphatic carbocycles. The zero-order chi connectivity index (χ0) is 17.0. The Labute approximate surface area is 142 Å². The van der Waals surface area contributed by atoms with Crippen LogP contribution in [0, 0.1) is 12.3 Å². The van der Waals surface area contributed by atoms with E-state index in [1.807, 2.05) is 0 Å². The van der Waals surface area contributed by atoms with E-state index in [0.717, 1.165) is 12.8 Å². The Morgan fingerprint density at radius 1 is 1.29 bits per heavy atom. The van der Waals surface area contributed by atoms with Crippen molar-refractivity contribution in [1.29, 1.82) is 0 Å². The van der Waals surface area contributed by atoms with Crippen molar-refractivity contribution in [2.24, 2.45) is 0 Å². The first-order chi connectivity index (χ1) is 11.6. The standard InChI is InChI=1S/C18H19NO4S/c1-2-15-6-3-7-16(12-15)19(13-17-8-4-10-22-17)24(20,21)14-18-9-5-11-23-18/h1,3-4,6-8,10,12,18H,5,9,11,13-14H2/t18-/m0/s1. The highest BCUT2D eigenvalue weighted by Gasteiger charge is 2.29. The highest BCUT2D eigenvalue weighted by molar-refractivity contribution is 7.92. The van der Waals surface area contributed by atoms with Gasteiger partial charge in [0.2, 0.25) is 10.0 Å². The third kappa shape index (κ3) is 3.81. The van der Waals surface area contributed by atoms with Crippen LogP contribution in [0.15, 0.2) is 47.1 Å². The van der Waals surface area contributed by atoms with Gasteiger partial charge in [-0.25, -0.2) is 8.42 Å². The number of ether oxygens (including phenoxy) is 1. The van der Waals surface area contributed by atoms with Crippen molar-refractivity contribution in [3.8, 4) is 12.3 Å². The van der Waals surface area contributed by atoms with E-state index in [4.69, 9.17) is 15.6 Å². The van der Waals surface area contributed by atoms with Crippen LogP contribution < -0.4 is 4.31 Å². The van der Waals surface area contributed by atoms with E-state index in [0.29, 0.717) is 23.6 Å². The Morgan fingerprint density at radius 3 is 2.83 bits per heavy atom. The second-order valence-corrected chi connectivity index (χ2v) is 7.63. The summed E-state index contributed by atoms with van der Waals surface area (Å²) in [6, 6.07) is 10.4. The molecule has 3 rings (SSSR count). The highest BCUT2D eigenvalue weighted by Crippen LogP contribution is 2.25. The first-order valence-corrected chi connectivity index (χ1v) is 9.40. The van der Waals surface area contributed by atoms with Gasteiger partial charge < -0.3 is 9.15 Å². The summed E-state index contributed by atoms with van der Waals surface area (Å²) in [7, 11) is -3.58. The number of nitrogens with zero attached hydrogens (tertiary/aromatic N) is 1. The van der Waals surface area contributed by atoms with Gasteiger partial charge in [-0.05, 0) is 43.2 Å². The molecular formula is C18H19NO4S. The lowest BCUT2D eigenvalue weighted by molar-refractivity contribution is 0.127. The lowest BCUT2D eigenvalue weighted by Gasteiger charge is -2.25. The van der Waals surface area contributed by atoms with Crippen molar-refractivity contribution < 1.29 is 17.6 Å². The number of sulfonamides is 1. The molecule has 0 bridgehead atoms. The lowest BCUT2D eigenvalue weighted by atomic mass is 10.2. The number of furan rings is 1. The topological polar surface area (TPSA) is 59.8 Å². The van der Waals surface area contributed by atoms with E-state index in [2.05, 4.69) is 5.92 Å². The zero-order valence-corrected chi connectivity index (χ0v) is 14.0. The second kappa shape index (κ2) is 7.12. The zero-order valence-electron chi connectivity index (χ0n) is 13.2. The molecule has 2 aromatic rings. The van der Waals surface area contributed by atoms with Crippen molar-refractivity contribution in [3.05, 3.63) is 54.0 Å². The van der Waals surface area contributed by atoms with Crippen molar-refractivity contribution in [2.75, 3.05) is 16.7 Å². The van der Waals surface area contributed by atoms with Gasteiger partial charge in [0.25, 0.3) is 0 Å². The predicted molar refractivity (Wildman–Crippen MR) is 92.0 cm³/mol. The number of hydrogen-bond acceptors (Lipinski definition) is 4. The molecule has 1 aliphatic heterocycles. The number of terminal acetylenes is 1. The molecule has 24 heavy (non-hydrogen) atoms. The van der Waals surface area contributed by atoms with E-state index in [1.54, 1.807) is 36.4 Å². The Balaban J connectivity index is 1.92. The first-order valence-electron chi connectivity index (χ1n) is 7.79. The van der Waals surface area contributed by atoms with Crippen LogP contribution in [-0.2, 0) is 21.3 Å². The average molecular weight is 345 g/mol. The maximum atomic E-state index is 13.0. The Kier molecular flexibility index (Phi) is 4.93. The minimum atomic E-state index is -3.58. The summed E-state index contributed by atoms with van der Waals surface area (Å²) in [5.74, 6) is 3.06. The van der Waals surface area contributed by atoms with Gasteiger partial charge >= 0.3 is 0 Å². The van der Waals surface area contributed by atoms with Gasteiger partial charge in [-0.3, -0.25) is 4.31 Å². The molecule has 1 saturated heterocycles. The fourth-order valence-corrected chi connectivity index (χ4v) is 4.42. The Morgan fingerprint density at radius 2 is 2.17 bits per heavy atom. The number of rotatable bonds is 6. The van der Waals surface area contributed by atoms with Gasteiger partial charge in [0.15, 0.2) is 0 Å². The van der Waals surface area contributed by atoms with Crippen LogP contribution in [0.3, 0.4) is 0 Å². The van der Waals surface area contributed by atoms with E-state index in [9.17, 15) is 8.42 Å². The van der Waals surface area contributed by atoms with E-state index in [1.165, 1.54) is 10.6 Å². The lowest BCUT2D eigenvalue weighted by Crippen LogP contribution is -2.36. The fourth-order valence-electron chi connectivity index (χ4n) is 2.75. The molecule has 0 N–H and O–H groups in total. The minimum absolute atomic E-state index is 0.0476. The highest BCUT2D eigenvalue weighted by atomic mass is 32.2. The summed E-state index contributed by atoms with van der Waals surface area (Å²) < 4.78 is 38.1. The number of hydrogen-bond donors (Lipinski definition) is 0. The second-order valence-electron chi connectivity index (χ2n) is 5.69. The normalized spacial score (nSPS) is 17.5. The minimum Gasteiger partial charge on any atom is -0.467 e. The monoisotopic (exact) mass is 345 g/mol. The average Bonchev–Trinajstić information content (AvgIpc) is 3.25. The molecule has 2 heterocycles. The third-order valence-electron chi connectivity index (χ3n) is 3.94. The molecular weight excluding hydrogens is 326 g/mol. The van der Waals surface area contributed by atoms with E-state index in [-0.39, 0.29) is 18.4 Å². The molecule has 0 unspecified atom stereocenters. The van der Waals surface area contributed by atoms with Crippen LogP contribution in [-0.4, -0.2) is 26.9 Å². The molecule has 1 aliphatic rings. The maximum absolute atomic E-state index is 13.0. The Hall–Kier alpha value is -2.23. The molecule has 126 valence electrons. The van der Waals surface area contributed by atoms with Crippen LogP contribution in [0.1, 0.15) is 24.2 Å². The van der Waals surface area contributed by atoms with Crippen molar-refractivity contribution >= 4 is 15.7 Å². The molecule has 1 atom stereocenters. The molecule has 0 spiro atoms. The van der Waals surface area contributed by atoms with Gasteiger partial charge in [0.1, 0.15) is 5.76 Å². The van der Waals surface area contributed by atoms with E-state index >= 15 is 0 Å². The molecule has 0 saturated carbocycles. The molecule has 6 heteroatoms. The first kappa shape index (κ1) is 16.6. The van der Waals surface area contributed by atoms with Crippen LogP contribution in [0.5, 0.6) is 0 Å². The van der Waals surface area contributed by atoms with Crippen molar-refractivity contribution in [3.63, 3.8) is 0 Å². The smallest absolute Gasteiger partial charge is 0.238 e. The van der Waals surface area contributed by atoms with Gasteiger partial charge in [0, 0.05) is 12.2 Å². The number of anilines is 1. The van der Waals surface area contributed by atoms with Gasteiger partial charge in [-0.2, -0.15) is 0 Å². The summed E-state index contributed by atoms with van der Waals surface area (Å²) in [5, 5.41) is 0. The van der Waals surface area contributed by atoms with Gasteiger partial charge in [0.05, 0.1) is 30.4 Å². The van der Waals surface area contributed by atoms with Crippen molar-refractivity contribution in [2.45, 2.75) is 25.5 Å². The predicted octanol–water partition coefficient (Wildman–Crippen LogP) is 2.78. The molecule has 5 nitrogen and oxygen atoms in total. The summed E-state index contributed by atoms with van der Waals surface area (Å²) in [4.78, 5) is 0. The van der Waals surface area contributed by atoms with Gasteiger partial charge in [-0.15, -0.1) is 6.42 Å². The number of benzene rings is 1. The molecule has 1 aromatic heterocycles. The summed E-state index contributed by atoms with van der Waals surface area (Å²) >= 11 is 0. The van der Waals surface area contributed by atoms with Crippen LogP contribution in [0.4, 0.5) is 5.69 Å². The molecule has 1 aromatic carbocycles. The fraction of sp³-hybridized carbons (Fsp3) is 0.333. The molecule has 1 fully saturated rings. The van der Waals surface area contributed by atoms with Gasteiger partial charge in [-0.1, -0.05) is 12.0 Å². The van der Waals surface area contributed by atoms with Crippen molar-refractivity contribution in [1.82, 2.24) is 0 Å². The Bertz CT molecular complexity index is 815. The molecule has 0 radical (unpaired) electrons. The van der Waals surface area contributed by atoms with E-state index < -0.39 is 10.0 Å². The summed E-state index contributed by atoms with van der Waals surface area (Å²) in [6.45, 7) is 0.737. The maximum Gasteiger partial charge on any atom is 0.238 e. The summed E-state index contributed by atoms with van der Waals surface area (Å²) in [5.41, 5.74) is 1.16. The van der Waals surface area contributed by atoms with Crippen LogP contribution in [0.2, 0.25) is 0 Å². The third-order valence-corrected chi connectivity index (χ3v) is 5.74. The molecule has 0 amide bonds.